The van der Waals surface area contributed by atoms with Crippen molar-refractivity contribution in [3.63, 3.8) is 0 Å². The van der Waals surface area contributed by atoms with Crippen LogP contribution in [0.25, 0.3) is 0 Å². The van der Waals surface area contributed by atoms with Crippen LogP contribution in [-0.4, -0.2) is 37.3 Å². The fourth-order valence-corrected chi connectivity index (χ4v) is 1.62. The Morgan fingerprint density at radius 2 is 2.06 bits per heavy atom. The lowest BCUT2D eigenvalue weighted by atomic mass is 10.3. The molecule has 0 aliphatic rings. The smallest absolute Gasteiger partial charge is 0.264 e. The molecule has 0 heterocycles. The first kappa shape index (κ1) is 16.1. The van der Waals surface area contributed by atoms with Gasteiger partial charge in [0.05, 0.1) is 11.9 Å². The quantitative estimate of drug-likeness (QED) is 0.253. The summed E-state index contributed by atoms with van der Waals surface area (Å²) >= 11 is 0. The van der Waals surface area contributed by atoms with E-state index in [1.165, 1.54) is 0 Å². The molecule has 0 aromatic rings. The summed E-state index contributed by atoms with van der Waals surface area (Å²) in [5.41, 5.74) is 0.420. The molecule has 0 aromatic carbocycles. The van der Waals surface area contributed by atoms with Crippen molar-refractivity contribution < 1.29 is 17.8 Å². The molecule has 1 unspecified atom stereocenters. The summed E-state index contributed by atoms with van der Waals surface area (Å²) in [5, 5.41) is 5.68. The van der Waals surface area contributed by atoms with Gasteiger partial charge in [-0.3, -0.25) is 14.7 Å². The molecule has 0 saturated carbocycles. The molecule has 6 nitrogen and oxygen atoms in total. The Kier molecular flexibility index (Phi) is 7.01. The van der Waals surface area contributed by atoms with Gasteiger partial charge in [0.25, 0.3) is 10.1 Å². The molecule has 0 radical (unpaired) electrons. The average molecular weight is 264 g/mol. The maximum Gasteiger partial charge on any atom is 0.264 e. The fourth-order valence-electron chi connectivity index (χ4n) is 1.11. The standard InChI is InChI=1S/C10H20N2O4S/c1-4-9(12-10(13)8(2)3)11-6-5-7-17(14,15)16/h9,11H,2,4-7H2,1,3H3,(H,12,13)(H,14,15,16). The van der Waals surface area contributed by atoms with Crippen molar-refractivity contribution in [2.24, 2.45) is 0 Å². The van der Waals surface area contributed by atoms with E-state index in [4.69, 9.17) is 4.55 Å². The van der Waals surface area contributed by atoms with Gasteiger partial charge in [-0.25, -0.2) is 0 Å². The number of carbonyl (C=O) groups is 1. The topological polar surface area (TPSA) is 95.5 Å². The molecule has 7 heteroatoms. The lowest BCUT2D eigenvalue weighted by Crippen LogP contribution is -2.45. The van der Waals surface area contributed by atoms with Crippen molar-refractivity contribution >= 4 is 16.0 Å². The molecule has 1 atom stereocenters. The third kappa shape index (κ3) is 8.84. The highest BCUT2D eigenvalue weighted by molar-refractivity contribution is 7.85. The molecule has 0 spiro atoms. The number of rotatable bonds is 8. The SMILES string of the molecule is C=C(C)C(=O)NC(CC)NCCCS(=O)(=O)O. The van der Waals surface area contributed by atoms with E-state index < -0.39 is 10.1 Å². The monoisotopic (exact) mass is 264 g/mol. The van der Waals surface area contributed by atoms with Gasteiger partial charge in [-0.15, -0.1) is 0 Å². The van der Waals surface area contributed by atoms with E-state index in [-0.39, 0.29) is 24.2 Å². The molecule has 0 fully saturated rings. The Hall–Kier alpha value is -0.920. The van der Waals surface area contributed by atoms with Crippen LogP contribution >= 0.6 is 0 Å². The van der Waals surface area contributed by atoms with Gasteiger partial charge in [0.2, 0.25) is 5.91 Å². The highest BCUT2D eigenvalue weighted by atomic mass is 32.2. The van der Waals surface area contributed by atoms with Crippen LogP contribution in [0, 0.1) is 0 Å². The zero-order valence-electron chi connectivity index (χ0n) is 10.2. The van der Waals surface area contributed by atoms with Crippen LogP contribution in [0.4, 0.5) is 0 Å². The molecule has 0 rings (SSSR count). The van der Waals surface area contributed by atoms with E-state index in [0.29, 0.717) is 18.5 Å². The Morgan fingerprint density at radius 1 is 1.47 bits per heavy atom. The Balaban J connectivity index is 3.91. The molecule has 0 aromatic heterocycles. The van der Waals surface area contributed by atoms with Crippen molar-refractivity contribution in [3.8, 4) is 0 Å². The molecule has 100 valence electrons. The van der Waals surface area contributed by atoms with E-state index >= 15 is 0 Å². The summed E-state index contributed by atoms with van der Waals surface area (Å²) in [6.45, 7) is 7.42. The molecule has 1 amide bonds. The summed E-state index contributed by atoms with van der Waals surface area (Å²) in [6, 6.07) is 0. The second-order valence-electron chi connectivity index (χ2n) is 3.81. The number of carbonyl (C=O) groups excluding carboxylic acids is 1. The highest BCUT2D eigenvalue weighted by Crippen LogP contribution is 1.93. The van der Waals surface area contributed by atoms with Gasteiger partial charge in [-0.1, -0.05) is 13.5 Å². The zero-order chi connectivity index (χ0) is 13.5. The first-order chi connectivity index (χ1) is 7.76. The molecule has 0 aliphatic heterocycles. The second-order valence-corrected chi connectivity index (χ2v) is 5.38. The summed E-state index contributed by atoms with van der Waals surface area (Å²) < 4.78 is 29.4. The minimum Gasteiger partial charge on any atom is -0.337 e. The van der Waals surface area contributed by atoms with Crippen molar-refractivity contribution in [1.82, 2.24) is 10.6 Å². The van der Waals surface area contributed by atoms with Crippen LogP contribution in [0.3, 0.4) is 0 Å². The van der Waals surface area contributed by atoms with Gasteiger partial charge in [0, 0.05) is 5.57 Å². The summed E-state index contributed by atoms with van der Waals surface area (Å²) in [6.07, 6.45) is 0.740. The highest BCUT2D eigenvalue weighted by Gasteiger charge is 2.10. The first-order valence-electron chi connectivity index (χ1n) is 5.41. The van der Waals surface area contributed by atoms with Crippen molar-refractivity contribution in [2.45, 2.75) is 32.9 Å². The van der Waals surface area contributed by atoms with E-state index in [1.807, 2.05) is 6.92 Å². The lowest BCUT2D eigenvalue weighted by molar-refractivity contribution is -0.118. The molecular weight excluding hydrogens is 244 g/mol. The number of amides is 1. The van der Waals surface area contributed by atoms with Crippen molar-refractivity contribution in [1.29, 1.82) is 0 Å². The Morgan fingerprint density at radius 3 is 2.47 bits per heavy atom. The van der Waals surface area contributed by atoms with Crippen molar-refractivity contribution in [3.05, 3.63) is 12.2 Å². The summed E-state index contributed by atoms with van der Waals surface area (Å²) in [5.74, 6) is -0.524. The summed E-state index contributed by atoms with van der Waals surface area (Å²) in [4.78, 5) is 11.3. The van der Waals surface area contributed by atoms with Gasteiger partial charge in [-0.05, 0) is 26.3 Å². The van der Waals surface area contributed by atoms with Crippen molar-refractivity contribution in [2.75, 3.05) is 12.3 Å². The first-order valence-corrected chi connectivity index (χ1v) is 7.02. The van der Waals surface area contributed by atoms with Crippen LogP contribution in [-0.2, 0) is 14.9 Å². The maximum absolute atomic E-state index is 11.3. The third-order valence-corrected chi connectivity index (χ3v) is 2.88. The summed E-state index contributed by atoms with van der Waals surface area (Å²) in [7, 11) is -3.91. The molecule has 0 bridgehead atoms. The van der Waals surface area contributed by atoms with Crippen LogP contribution in [0.1, 0.15) is 26.7 Å². The predicted molar refractivity (Wildman–Crippen MR) is 66.1 cm³/mol. The van der Waals surface area contributed by atoms with Crippen LogP contribution in [0.15, 0.2) is 12.2 Å². The van der Waals surface area contributed by atoms with Gasteiger partial charge in [0.1, 0.15) is 0 Å². The lowest BCUT2D eigenvalue weighted by Gasteiger charge is -2.18. The van der Waals surface area contributed by atoms with E-state index in [0.717, 1.165) is 0 Å². The largest absolute Gasteiger partial charge is 0.337 e. The third-order valence-electron chi connectivity index (χ3n) is 2.07. The van der Waals surface area contributed by atoms with E-state index in [1.54, 1.807) is 6.92 Å². The minimum atomic E-state index is -3.91. The molecule has 0 aliphatic carbocycles. The van der Waals surface area contributed by atoms with Crippen LogP contribution in [0.2, 0.25) is 0 Å². The average Bonchev–Trinajstić information content (AvgIpc) is 2.20. The normalized spacial score (nSPS) is 13.1. The molecule has 3 N–H and O–H groups in total. The van der Waals surface area contributed by atoms with Crippen LogP contribution in [0.5, 0.6) is 0 Å². The van der Waals surface area contributed by atoms with Gasteiger partial charge < -0.3 is 5.32 Å². The van der Waals surface area contributed by atoms with Gasteiger partial charge in [-0.2, -0.15) is 8.42 Å². The second kappa shape index (κ2) is 7.41. The predicted octanol–water partition coefficient (Wildman–Crippen LogP) is 0.282. The number of nitrogens with one attached hydrogen (secondary N) is 2. The van der Waals surface area contributed by atoms with E-state index in [2.05, 4.69) is 17.2 Å². The number of hydrogen-bond acceptors (Lipinski definition) is 4. The molecule has 0 saturated heterocycles. The Bertz CT molecular complexity index is 365. The van der Waals surface area contributed by atoms with Gasteiger partial charge in [0.15, 0.2) is 0 Å². The van der Waals surface area contributed by atoms with E-state index in [9.17, 15) is 13.2 Å². The Labute approximate surface area is 102 Å². The zero-order valence-corrected chi connectivity index (χ0v) is 11.0. The molecule has 17 heavy (non-hydrogen) atoms. The minimum absolute atomic E-state index is 0.222. The number of hydrogen-bond donors (Lipinski definition) is 3. The maximum atomic E-state index is 11.3. The molecular formula is C10H20N2O4S. The van der Waals surface area contributed by atoms with Gasteiger partial charge >= 0.3 is 0 Å². The van der Waals surface area contributed by atoms with Crippen LogP contribution < -0.4 is 10.6 Å². The fraction of sp³-hybridized carbons (Fsp3) is 0.700.